The van der Waals surface area contributed by atoms with Gasteiger partial charge in [0.1, 0.15) is 0 Å². The summed E-state index contributed by atoms with van der Waals surface area (Å²) in [5, 5.41) is 3.49. The van der Waals surface area contributed by atoms with E-state index in [1.165, 1.54) is 12.8 Å². The first-order valence-electron chi connectivity index (χ1n) is 7.78. The fraction of sp³-hybridized carbons (Fsp3) is 0.500. The summed E-state index contributed by atoms with van der Waals surface area (Å²) in [6.45, 7) is 5.90. The zero-order valence-electron chi connectivity index (χ0n) is 12.9. The molecule has 0 aliphatic carbocycles. The lowest BCUT2D eigenvalue weighted by molar-refractivity contribution is -0.127. The van der Waals surface area contributed by atoms with Crippen molar-refractivity contribution in [2.75, 3.05) is 13.1 Å². The molecule has 0 spiro atoms. The number of hydrogen-bond acceptors (Lipinski definition) is 2. The number of benzene rings is 1. The van der Waals surface area contributed by atoms with Crippen molar-refractivity contribution in [3.8, 4) is 11.8 Å². The van der Waals surface area contributed by atoms with Crippen LogP contribution in [0.3, 0.4) is 0 Å². The van der Waals surface area contributed by atoms with Crippen LogP contribution in [0.2, 0.25) is 0 Å². The van der Waals surface area contributed by atoms with Crippen LogP contribution in [0.5, 0.6) is 0 Å². The van der Waals surface area contributed by atoms with E-state index in [-0.39, 0.29) is 11.9 Å². The smallest absolute Gasteiger partial charge is 0.299 e. The minimum absolute atomic E-state index is 0.0822. The van der Waals surface area contributed by atoms with Crippen LogP contribution in [0.15, 0.2) is 30.3 Å². The van der Waals surface area contributed by atoms with E-state index in [9.17, 15) is 4.79 Å². The monoisotopic (exact) mass is 284 g/mol. The lowest BCUT2D eigenvalue weighted by Crippen LogP contribution is -2.48. The zero-order chi connectivity index (χ0) is 15.1. The molecule has 1 aromatic rings. The summed E-state index contributed by atoms with van der Waals surface area (Å²) in [6.07, 6.45) is 3.62. The topological polar surface area (TPSA) is 32.3 Å². The number of nitrogens with one attached hydrogen (secondary N) is 1. The maximum atomic E-state index is 12.4. The van der Waals surface area contributed by atoms with Crippen LogP contribution in [0, 0.1) is 11.8 Å². The normalized spacial score (nSPS) is 18.0. The van der Waals surface area contributed by atoms with E-state index in [1.807, 2.05) is 49.1 Å². The molecule has 21 heavy (non-hydrogen) atoms. The molecule has 2 rings (SSSR count). The predicted octanol–water partition coefficient (Wildman–Crippen LogP) is 2.42. The van der Waals surface area contributed by atoms with Gasteiger partial charge in [0.15, 0.2) is 0 Å². The number of hydrogen-bond donors (Lipinski definition) is 1. The average Bonchev–Trinajstić information content (AvgIpc) is 2.52. The van der Waals surface area contributed by atoms with E-state index in [2.05, 4.69) is 17.2 Å². The summed E-state index contributed by atoms with van der Waals surface area (Å²) >= 11 is 0. The van der Waals surface area contributed by atoms with Crippen LogP contribution in [0.1, 0.15) is 38.7 Å². The first-order chi connectivity index (χ1) is 10.2. The van der Waals surface area contributed by atoms with Crippen LogP contribution >= 0.6 is 0 Å². The van der Waals surface area contributed by atoms with Gasteiger partial charge in [-0.2, -0.15) is 0 Å². The van der Waals surface area contributed by atoms with Crippen molar-refractivity contribution in [3.05, 3.63) is 35.9 Å². The van der Waals surface area contributed by atoms with Crippen LogP contribution in [-0.4, -0.2) is 36.0 Å². The summed E-state index contributed by atoms with van der Waals surface area (Å²) in [7, 11) is 0. The van der Waals surface area contributed by atoms with Gasteiger partial charge < -0.3 is 10.2 Å². The second-order valence-corrected chi connectivity index (χ2v) is 5.81. The molecular weight excluding hydrogens is 260 g/mol. The Morgan fingerprint density at radius 3 is 2.71 bits per heavy atom. The van der Waals surface area contributed by atoms with E-state index >= 15 is 0 Å². The molecule has 0 aromatic heterocycles. The summed E-state index contributed by atoms with van der Waals surface area (Å²) in [5.41, 5.74) is 0.880. The van der Waals surface area contributed by atoms with E-state index in [0.717, 1.165) is 25.1 Å². The minimum atomic E-state index is -0.0822. The van der Waals surface area contributed by atoms with Crippen molar-refractivity contribution >= 4 is 5.91 Å². The van der Waals surface area contributed by atoms with Gasteiger partial charge in [-0.3, -0.25) is 4.79 Å². The van der Waals surface area contributed by atoms with E-state index in [1.54, 1.807) is 0 Å². The molecule has 0 bridgehead atoms. The van der Waals surface area contributed by atoms with Gasteiger partial charge in [-0.1, -0.05) is 30.5 Å². The molecule has 3 nitrogen and oxygen atoms in total. The van der Waals surface area contributed by atoms with E-state index in [4.69, 9.17) is 0 Å². The number of nitrogens with zero attached hydrogens (tertiary/aromatic N) is 1. The Kier molecular flexibility index (Phi) is 5.83. The Morgan fingerprint density at radius 2 is 2.10 bits per heavy atom. The van der Waals surface area contributed by atoms with E-state index < -0.39 is 0 Å². The molecule has 1 heterocycles. The van der Waals surface area contributed by atoms with Gasteiger partial charge in [0.25, 0.3) is 5.91 Å². The van der Waals surface area contributed by atoms with Crippen LogP contribution in [0.25, 0.3) is 0 Å². The van der Waals surface area contributed by atoms with Crippen molar-refractivity contribution in [2.24, 2.45) is 0 Å². The molecule has 3 heteroatoms. The molecule has 112 valence electrons. The fourth-order valence-corrected chi connectivity index (χ4v) is 2.56. The summed E-state index contributed by atoms with van der Waals surface area (Å²) in [5.74, 6) is 5.65. The summed E-state index contributed by atoms with van der Waals surface area (Å²) in [6, 6.07) is 10.2. The number of amides is 1. The molecule has 1 aromatic carbocycles. The summed E-state index contributed by atoms with van der Waals surface area (Å²) in [4.78, 5) is 14.2. The quantitative estimate of drug-likeness (QED) is 0.865. The van der Waals surface area contributed by atoms with Gasteiger partial charge in [-0.25, -0.2) is 0 Å². The molecule has 1 atom stereocenters. The van der Waals surface area contributed by atoms with Gasteiger partial charge in [0, 0.05) is 30.1 Å². The first-order valence-corrected chi connectivity index (χ1v) is 7.78. The van der Waals surface area contributed by atoms with Crippen molar-refractivity contribution in [3.63, 3.8) is 0 Å². The Morgan fingerprint density at radius 1 is 1.33 bits per heavy atom. The van der Waals surface area contributed by atoms with Crippen molar-refractivity contribution < 1.29 is 4.79 Å². The molecule has 0 saturated carbocycles. The highest BCUT2D eigenvalue weighted by atomic mass is 16.2. The van der Waals surface area contributed by atoms with Crippen molar-refractivity contribution in [1.29, 1.82) is 0 Å². The maximum Gasteiger partial charge on any atom is 0.299 e. The second-order valence-electron chi connectivity index (χ2n) is 5.81. The Hall–Kier alpha value is -1.79. The second kappa shape index (κ2) is 7.85. The number of piperidine rings is 1. The molecule has 1 aliphatic heterocycles. The van der Waals surface area contributed by atoms with Gasteiger partial charge >= 0.3 is 0 Å². The molecule has 0 radical (unpaired) electrons. The molecule has 1 saturated heterocycles. The third-order valence-corrected chi connectivity index (χ3v) is 3.80. The Bertz CT molecular complexity index is 507. The fourth-order valence-electron chi connectivity index (χ4n) is 2.56. The van der Waals surface area contributed by atoms with Gasteiger partial charge in [0.2, 0.25) is 0 Å². The summed E-state index contributed by atoms with van der Waals surface area (Å²) < 4.78 is 0. The van der Waals surface area contributed by atoms with Crippen LogP contribution in [0.4, 0.5) is 0 Å². The maximum absolute atomic E-state index is 12.4. The predicted molar refractivity (Wildman–Crippen MR) is 85.8 cm³/mol. The van der Waals surface area contributed by atoms with Crippen LogP contribution < -0.4 is 5.32 Å². The highest BCUT2D eigenvalue weighted by Crippen LogP contribution is 2.10. The number of carbonyl (C=O) groups excluding carboxylic acids is 1. The Balaban J connectivity index is 2.00. The highest BCUT2D eigenvalue weighted by molar-refractivity contribution is 5.94. The molecule has 1 fully saturated rings. The molecule has 1 aliphatic rings. The SMILES string of the molecule is CC(C)N(CC1CCCCN1)C(=O)C#Cc1ccccc1. The van der Waals surface area contributed by atoms with Crippen molar-refractivity contribution in [2.45, 2.75) is 45.2 Å². The third kappa shape index (κ3) is 4.91. The average molecular weight is 284 g/mol. The highest BCUT2D eigenvalue weighted by Gasteiger charge is 2.21. The minimum Gasteiger partial charge on any atom is -0.328 e. The number of carbonyl (C=O) groups is 1. The standard InChI is InChI=1S/C18H24N2O/c1-15(2)20(14-17-10-6-7-13-19-17)18(21)12-11-16-8-4-3-5-9-16/h3-5,8-9,15,17,19H,6-7,10,13-14H2,1-2H3. The molecule has 1 unspecified atom stereocenters. The molecule has 1 N–H and O–H groups in total. The van der Waals surface area contributed by atoms with Gasteiger partial charge in [-0.15, -0.1) is 0 Å². The zero-order valence-corrected chi connectivity index (χ0v) is 12.9. The van der Waals surface area contributed by atoms with Gasteiger partial charge in [-0.05, 0) is 45.4 Å². The molecule has 1 amide bonds. The third-order valence-electron chi connectivity index (χ3n) is 3.80. The van der Waals surface area contributed by atoms with Gasteiger partial charge in [0.05, 0.1) is 0 Å². The van der Waals surface area contributed by atoms with E-state index in [0.29, 0.717) is 6.04 Å². The number of rotatable bonds is 3. The van der Waals surface area contributed by atoms with Crippen LogP contribution in [-0.2, 0) is 4.79 Å². The first kappa shape index (κ1) is 15.6. The largest absolute Gasteiger partial charge is 0.328 e. The molecular formula is C18H24N2O. The van der Waals surface area contributed by atoms with Crippen molar-refractivity contribution in [1.82, 2.24) is 10.2 Å². The lowest BCUT2D eigenvalue weighted by atomic mass is 10.0. The Labute approximate surface area is 127 Å². The lowest BCUT2D eigenvalue weighted by Gasteiger charge is -2.32.